The van der Waals surface area contributed by atoms with E-state index in [-0.39, 0.29) is 21.1 Å². The number of aliphatic hydroxyl groups excluding tert-OH is 1. The fraction of sp³-hybridized carbons (Fsp3) is 0.240. The number of carbonyl (C=O) groups excluding carboxylic acids is 1. The van der Waals surface area contributed by atoms with Gasteiger partial charge in [-0.2, -0.15) is 0 Å². The molecule has 3 aromatic rings. The minimum absolute atomic E-state index is 0.0695. The number of halogens is 1. The number of rotatable bonds is 9. The van der Waals surface area contributed by atoms with Crippen LogP contribution in [0.4, 0.5) is 0 Å². The molecule has 1 atom stereocenters. The molecule has 0 bridgehead atoms. The Morgan fingerprint density at radius 3 is 2.35 bits per heavy atom. The van der Waals surface area contributed by atoms with Gasteiger partial charge in [-0.15, -0.1) is 0 Å². The van der Waals surface area contributed by atoms with Gasteiger partial charge in [0, 0.05) is 25.7 Å². The van der Waals surface area contributed by atoms with Gasteiger partial charge in [0.1, 0.15) is 5.75 Å². The van der Waals surface area contributed by atoms with Gasteiger partial charge in [-0.3, -0.25) is 4.79 Å². The number of nitrogens with one attached hydrogen (secondary N) is 1. The third kappa shape index (κ3) is 6.15. The number of amides is 1. The fourth-order valence-electron chi connectivity index (χ4n) is 3.37. The van der Waals surface area contributed by atoms with Crippen LogP contribution in [0.2, 0.25) is 5.02 Å². The van der Waals surface area contributed by atoms with E-state index >= 15 is 0 Å². The predicted molar refractivity (Wildman–Crippen MR) is 131 cm³/mol. The second kappa shape index (κ2) is 11.0. The molecule has 0 radical (unpaired) electrons. The van der Waals surface area contributed by atoms with E-state index in [4.69, 9.17) is 11.6 Å². The summed E-state index contributed by atoms with van der Waals surface area (Å²) in [4.78, 5) is 13.5. The maximum Gasteiger partial charge on any atom is 0.257 e. The summed E-state index contributed by atoms with van der Waals surface area (Å²) in [5.41, 5.74) is 1.59. The Kier molecular flexibility index (Phi) is 8.33. The summed E-state index contributed by atoms with van der Waals surface area (Å²) in [5.74, 6) is -0.765. The van der Waals surface area contributed by atoms with Gasteiger partial charge < -0.3 is 20.4 Å². The van der Waals surface area contributed by atoms with Crippen LogP contribution in [-0.2, 0) is 16.3 Å². The van der Waals surface area contributed by atoms with Crippen molar-refractivity contribution in [2.24, 2.45) is 0 Å². The van der Waals surface area contributed by atoms with Crippen LogP contribution in [0.15, 0.2) is 76.5 Å². The fourth-order valence-corrected chi connectivity index (χ4v) is 4.85. The van der Waals surface area contributed by atoms with Crippen molar-refractivity contribution in [2.75, 3.05) is 27.2 Å². The Hall–Kier alpha value is -2.91. The van der Waals surface area contributed by atoms with Crippen LogP contribution in [0, 0.1) is 0 Å². The molecule has 180 valence electrons. The van der Waals surface area contributed by atoms with Crippen LogP contribution in [0.25, 0.3) is 0 Å². The first-order valence-corrected chi connectivity index (χ1v) is 12.5. The minimum Gasteiger partial charge on any atom is -0.507 e. The maximum atomic E-state index is 13.0. The molecule has 0 spiro atoms. The lowest BCUT2D eigenvalue weighted by molar-refractivity contribution is 0.0824. The molecule has 0 saturated heterocycles. The number of nitrogens with zero attached hydrogens (tertiary/aromatic N) is 1. The molecule has 9 heteroatoms. The first-order valence-electron chi connectivity index (χ1n) is 10.6. The smallest absolute Gasteiger partial charge is 0.257 e. The van der Waals surface area contributed by atoms with Gasteiger partial charge in [0.05, 0.1) is 21.5 Å². The summed E-state index contributed by atoms with van der Waals surface area (Å²) in [7, 11) is -0.821. The standard InChI is InChI=1S/C25H27ClN2O5S/c1-28(2)25(31)22-15-21(10-11-23(22)29)34(32,33)20-8-6-17(7-9-20)12-13-27-16-24(30)18-4-3-5-19(26)14-18/h3-11,14-15,24,27,29-30H,12-13,16H2,1-2H3/t24-/m0/s1. The Morgan fingerprint density at radius 2 is 1.71 bits per heavy atom. The van der Waals surface area contributed by atoms with Gasteiger partial charge in [-0.25, -0.2) is 8.42 Å². The topological polar surface area (TPSA) is 107 Å². The third-order valence-electron chi connectivity index (χ3n) is 5.31. The van der Waals surface area contributed by atoms with Crippen LogP contribution in [0.1, 0.15) is 27.6 Å². The van der Waals surface area contributed by atoms with E-state index in [1.54, 1.807) is 30.3 Å². The number of aromatic hydroxyl groups is 1. The third-order valence-corrected chi connectivity index (χ3v) is 7.31. The average molecular weight is 503 g/mol. The monoisotopic (exact) mass is 502 g/mol. The predicted octanol–water partition coefficient (Wildman–Crippen LogP) is 3.45. The highest BCUT2D eigenvalue weighted by Crippen LogP contribution is 2.27. The number of carbonyl (C=O) groups is 1. The van der Waals surface area contributed by atoms with Crippen molar-refractivity contribution in [3.63, 3.8) is 0 Å². The van der Waals surface area contributed by atoms with Gasteiger partial charge in [0.15, 0.2) is 0 Å². The van der Waals surface area contributed by atoms with Crippen LogP contribution in [0.5, 0.6) is 5.75 Å². The van der Waals surface area contributed by atoms with Crippen LogP contribution in [0.3, 0.4) is 0 Å². The van der Waals surface area contributed by atoms with Crippen molar-refractivity contribution in [3.05, 3.63) is 88.4 Å². The number of hydrogen-bond donors (Lipinski definition) is 3. The molecule has 0 aliphatic rings. The number of benzene rings is 3. The van der Waals surface area contributed by atoms with Crippen molar-refractivity contribution in [1.82, 2.24) is 10.2 Å². The van der Waals surface area contributed by atoms with Gasteiger partial charge in [0.25, 0.3) is 5.91 Å². The molecule has 3 rings (SSSR count). The molecule has 1 amide bonds. The van der Waals surface area contributed by atoms with Crippen LogP contribution >= 0.6 is 11.6 Å². The summed E-state index contributed by atoms with van der Waals surface area (Å²) in [6.07, 6.45) is -0.0377. The zero-order valence-electron chi connectivity index (χ0n) is 18.9. The molecule has 3 N–H and O–H groups in total. The molecule has 0 fully saturated rings. The van der Waals surface area contributed by atoms with E-state index < -0.39 is 21.8 Å². The average Bonchev–Trinajstić information content (AvgIpc) is 2.81. The molecule has 0 unspecified atom stereocenters. The maximum absolute atomic E-state index is 13.0. The summed E-state index contributed by atoms with van der Waals surface area (Å²) in [6, 6.07) is 17.2. The van der Waals surface area contributed by atoms with E-state index in [9.17, 15) is 23.4 Å². The highest BCUT2D eigenvalue weighted by molar-refractivity contribution is 7.91. The lowest BCUT2D eigenvalue weighted by Crippen LogP contribution is -2.23. The van der Waals surface area contributed by atoms with E-state index in [1.807, 2.05) is 6.07 Å². The molecular weight excluding hydrogens is 476 g/mol. The quantitative estimate of drug-likeness (QED) is 0.387. The van der Waals surface area contributed by atoms with E-state index in [1.165, 1.54) is 49.3 Å². The molecule has 0 heterocycles. The van der Waals surface area contributed by atoms with Crippen molar-refractivity contribution in [1.29, 1.82) is 0 Å². The summed E-state index contributed by atoms with van der Waals surface area (Å²) < 4.78 is 26.1. The number of sulfone groups is 1. The van der Waals surface area contributed by atoms with Crippen molar-refractivity contribution < 1.29 is 23.4 Å². The van der Waals surface area contributed by atoms with Crippen LogP contribution < -0.4 is 5.32 Å². The molecular formula is C25H27ClN2O5S. The van der Waals surface area contributed by atoms with Gasteiger partial charge in [-0.05, 0) is 66.6 Å². The highest BCUT2D eigenvalue weighted by atomic mass is 35.5. The van der Waals surface area contributed by atoms with Gasteiger partial charge in [0.2, 0.25) is 9.84 Å². The number of hydrogen-bond acceptors (Lipinski definition) is 6. The zero-order valence-corrected chi connectivity index (χ0v) is 20.5. The molecule has 0 aliphatic carbocycles. The molecule has 3 aromatic carbocycles. The lowest BCUT2D eigenvalue weighted by atomic mass is 10.1. The number of phenolic OH excluding ortho intramolecular Hbond substituents is 1. The summed E-state index contributed by atoms with van der Waals surface area (Å²) >= 11 is 5.95. The first-order chi connectivity index (χ1) is 16.1. The van der Waals surface area contributed by atoms with E-state index in [2.05, 4.69) is 5.32 Å². The summed E-state index contributed by atoms with van der Waals surface area (Å²) in [6.45, 7) is 0.958. The lowest BCUT2D eigenvalue weighted by Gasteiger charge is -2.13. The molecule has 0 aliphatic heterocycles. The van der Waals surface area contributed by atoms with E-state index in [0.717, 1.165) is 11.1 Å². The zero-order chi connectivity index (χ0) is 24.9. The van der Waals surface area contributed by atoms with Gasteiger partial charge >= 0.3 is 0 Å². The SMILES string of the molecule is CN(C)C(=O)c1cc(S(=O)(=O)c2ccc(CCNC[C@H](O)c3cccc(Cl)c3)cc2)ccc1O. The molecule has 7 nitrogen and oxygen atoms in total. The Bertz CT molecular complexity index is 1260. The Balaban J connectivity index is 1.62. The summed E-state index contributed by atoms with van der Waals surface area (Å²) in [5, 5.41) is 24.0. The largest absolute Gasteiger partial charge is 0.507 e. The number of aliphatic hydroxyl groups is 1. The number of phenols is 1. The van der Waals surface area contributed by atoms with Gasteiger partial charge in [-0.1, -0.05) is 35.9 Å². The normalized spacial score (nSPS) is 12.4. The Labute approximate surface area is 204 Å². The van der Waals surface area contributed by atoms with E-state index in [0.29, 0.717) is 24.5 Å². The van der Waals surface area contributed by atoms with Crippen molar-refractivity contribution in [2.45, 2.75) is 22.3 Å². The second-order valence-electron chi connectivity index (χ2n) is 8.05. The van der Waals surface area contributed by atoms with Crippen molar-refractivity contribution in [3.8, 4) is 5.75 Å². The van der Waals surface area contributed by atoms with Crippen LogP contribution in [-0.4, -0.2) is 56.6 Å². The molecule has 34 heavy (non-hydrogen) atoms. The molecule has 0 saturated carbocycles. The minimum atomic E-state index is -3.87. The second-order valence-corrected chi connectivity index (χ2v) is 10.4. The van der Waals surface area contributed by atoms with Crippen molar-refractivity contribution >= 4 is 27.3 Å². The molecule has 0 aromatic heterocycles. The highest BCUT2D eigenvalue weighted by Gasteiger charge is 2.22. The Morgan fingerprint density at radius 1 is 1.03 bits per heavy atom. The first kappa shape index (κ1) is 25.7.